The smallest absolute Gasteiger partial charge is 0.338 e. The Morgan fingerprint density at radius 1 is 1.32 bits per heavy atom. The van der Waals surface area contributed by atoms with Gasteiger partial charge in [0.15, 0.2) is 0 Å². The molecule has 0 fully saturated rings. The summed E-state index contributed by atoms with van der Waals surface area (Å²) in [6.07, 6.45) is 3.47. The Hall–Kier alpha value is -3.81. The highest BCUT2D eigenvalue weighted by atomic mass is 32.1. The lowest BCUT2D eigenvalue weighted by Crippen LogP contribution is -2.35. The maximum Gasteiger partial charge on any atom is 0.338 e. The summed E-state index contributed by atoms with van der Waals surface area (Å²) in [6.45, 7) is 2.62. The molecule has 10 heteroatoms. The number of methoxy groups -OCH3 is 1. The Labute approximate surface area is 200 Å². The maximum atomic E-state index is 13.2. The molecule has 1 aromatic carbocycles. The highest BCUT2D eigenvalue weighted by Crippen LogP contribution is 2.29. The minimum atomic E-state index is -0.308. The van der Waals surface area contributed by atoms with Crippen LogP contribution in [0, 0.1) is 18.3 Å². The molecule has 174 valence electrons. The molecular formula is C24H22N4O5S. The summed E-state index contributed by atoms with van der Waals surface area (Å²) in [7, 11) is 1.47. The number of thiazole rings is 1. The molecule has 0 saturated heterocycles. The molecule has 9 nitrogen and oxygen atoms in total. The number of hydrogen-bond donors (Lipinski definition) is 1. The summed E-state index contributed by atoms with van der Waals surface area (Å²) in [5, 5.41) is 19.2. The molecule has 0 radical (unpaired) electrons. The van der Waals surface area contributed by atoms with Crippen LogP contribution in [0.4, 0.5) is 0 Å². The Morgan fingerprint density at radius 2 is 2.15 bits per heavy atom. The Bertz CT molecular complexity index is 1300. The fraction of sp³-hybridized carbons (Fsp3) is 0.292. The van der Waals surface area contributed by atoms with Crippen LogP contribution in [0.3, 0.4) is 0 Å². The molecule has 3 heterocycles. The standard InChI is InChI=1S/C24H22N4O5S/c1-14-15(3-4-17-18(14)13-33-24(17)31)5-6-28(7-8-29)23(30)21-12-27-22(34-21)19-9-20(32-2)16(10-25)11-26-19/h3-4,9,11-12,29H,5-8,13H2,1-2H3. The van der Waals surface area contributed by atoms with E-state index in [2.05, 4.69) is 9.97 Å². The van der Waals surface area contributed by atoms with Gasteiger partial charge in [0.1, 0.15) is 39.6 Å². The number of carbonyl (C=O) groups is 2. The molecule has 1 aliphatic rings. The van der Waals surface area contributed by atoms with Crippen molar-refractivity contribution in [1.29, 1.82) is 5.26 Å². The second-order valence-corrected chi connectivity index (χ2v) is 8.66. The number of esters is 1. The lowest BCUT2D eigenvalue weighted by molar-refractivity contribution is 0.0534. The van der Waals surface area contributed by atoms with Crippen LogP contribution in [0.5, 0.6) is 5.75 Å². The number of fused-ring (bicyclic) bond motifs is 1. The van der Waals surface area contributed by atoms with Gasteiger partial charge >= 0.3 is 5.97 Å². The lowest BCUT2D eigenvalue weighted by Gasteiger charge is -2.21. The van der Waals surface area contributed by atoms with Gasteiger partial charge in [-0.25, -0.2) is 9.78 Å². The van der Waals surface area contributed by atoms with Gasteiger partial charge in [-0.2, -0.15) is 5.26 Å². The van der Waals surface area contributed by atoms with Crippen LogP contribution in [0.2, 0.25) is 0 Å². The Kier molecular flexibility index (Phi) is 6.86. The van der Waals surface area contributed by atoms with Gasteiger partial charge in [0.2, 0.25) is 0 Å². The van der Waals surface area contributed by atoms with E-state index in [1.807, 2.05) is 19.1 Å². The summed E-state index contributed by atoms with van der Waals surface area (Å²) in [5.74, 6) is -0.165. The molecule has 3 aromatic rings. The number of hydrogen-bond acceptors (Lipinski definition) is 9. The van der Waals surface area contributed by atoms with Gasteiger partial charge in [0, 0.05) is 30.9 Å². The van der Waals surface area contributed by atoms with Gasteiger partial charge in [0.25, 0.3) is 5.91 Å². The predicted molar refractivity (Wildman–Crippen MR) is 124 cm³/mol. The van der Waals surface area contributed by atoms with E-state index < -0.39 is 0 Å². The second kappa shape index (κ2) is 9.99. The van der Waals surface area contributed by atoms with Crippen LogP contribution in [-0.4, -0.2) is 58.7 Å². The van der Waals surface area contributed by atoms with E-state index in [0.717, 1.165) is 16.7 Å². The van der Waals surface area contributed by atoms with Crippen molar-refractivity contribution >= 4 is 23.2 Å². The number of nitriles is 1. The molecule has 0 saturated carbocycles. The van der Waals surface area contributed by atoms with E-state index in [0.29, 0.717) is 45.4 Å². The summed E-state index contributed by atoms with van der Waals surface area (Å²) in [5.41, 5.74) is 4.30. The first-order valence-electron chi connectivity index (χ1n) is 10.6. The van der Waals surface area contributed by atoms with Gasteiger partial charge in [-0.1, -0.05) is 6.07 Å². The number of aliphatic hydroxyl groups is 1. The zero-order valence-corrected chi connectivity index (χ0v) is 19.5. The number of amides is 1. The average Bonchev–Trinajstić information content (AvgIpc) is 3.49. The topological polar surface area (TPSA) is 126 Å². The van der Waals surface area contributed by atoms with E-state index in [1.165, 1.54) is 30.8 Å². The van der Waals surface area contributed by atoms with Crippen LogP contribution in [-0.2, 0) is 17.8 Å². The summed E-state index contributed by atoms with van der Waals surface area (Å²) in [4.78, 5) is 35.5. The normalized spacial score (nSPS) is 12.1. The van der Waals surface area contributed by atoms with Crippen LogP contribution >= 0.6 is 11.3 Å². The molecule has 4 rings (SSSR count). The minimum Gasteiger partial charge on any atom is -0.495 e. The van der Waals surface area contributed by atoms with Crippen molar-refractivity contribution in [3.8, 4) is 22.5 Å². The third-order valence-corrected chi connectivity index (χ3v) is 6.74. The summed E-state index contributed by atoms with van der Waals surface area (Å²) >= 11 is 1.18. The monoisotopic (exact) mass is 478 g/mol. The number of cyclic esters (lactones) is 1. The predicted octanol–water partition coefficient (Wildman–Crippen LogP) is 2.74. The zero-order valence-electron chi connectivity index (χ0n) is 18.7. The highest BCUT2D eigenvalue weighted by Gasteiger charge is 2.25. The quantitative estimate of drug-likeness (QED) is 0.490. The van der Waals surface area contributed by atoms with Crippen molar-refractivity contribution in [1.82, 2.24) is 14.9 Å². The first kappa shape index (κ1) is 23.4. The average molecular weight is 479 g/mol. The number of carbonyl (C=O) groups excluding carboxylic acids is 2. The van der Waals surface area contributed by atoms with E-state index in [-0.39, 0.29) is 31.6 Å². The van der Waals surface area contributed by atoms with Crippen LogP contribution in [0.1, 0.15) is 42.3 Å². The van der Waals surface area contributed by atoms with Crippen molar-refractivity contribution in [2.75, 3.05) is 26.8 Å². The van der Waals surface area contributed by atoms with Crippen LogP contribution < -0.4 is 4.74 Å². The third kappa shape index (κ3) is 4.48. The third-order valence-electron chi connectivity index (χ3n) is 5.73. The summed E-state index contributed by atoms with van der Waals surface area (Å²) in [6, 6.07) is 7.28. The maximum absolute atomic E-state index is 13.2. The highest BCUT2D eigenvalue weighted by molar-refractivity contribution is 7.16. The van der Waals surface area contributed by atoms with Crippen molar-refractivity contribution < 1.29 is 24.2 Å². The number of ether oxygens (including phenoxy) is 2. The molecule has 34 heavy (non-hydrogen) atoms. The number of benzene rings is 1. The minimum absolute atomic E-state index is 0.169. The van der Waals surface area contributed by atoms with Crippen molar-refractivity contribution in [2.45, 2.75) is 20.0 Å². The zero-order chi connectivity index (χ0) is 24.2. The molecule has 0 aliphatic carbocycles. The molecular weight excluding hydrogens is 456 g/mol. The van der Waals surface area contributed by atoms with Gasteiger partial charge in [-0.15, -0.1) is 11.3 Å². The van der Waals surface area contributed by atoms with E-state index in [4.69, 9.17) is 14.7 Å². The Balaban J connectivity index is 1.51. The van der Waals surface area contributed by atoms with Crippen LogP contribution in [0.15, 0.2) is 30.6 Å². The van der Waals surface area contributed by atoms with Gasteiger partial charge < -0.3 is 19.5 Å². The molecule has 2 aromatic heterocycles. The Morgan fingerprint density at radius 3 is 2.88 bits per heavy atom. The SMILES string of the molecule is COc1cc(-c2ncc(C(=O)N(CCO)CCc3ccc4c(c3C)COC4=O)s2)ncc1C#N. The van der Waals surface area contributed by atoms with E-state index >= 15 is 0 Å². The molecule has 0 bridgehead atoms. The van der Waals surface area contributed by atoms with E-state index in [1.54, 1.807) is 17.0 Å². The summed E-state index contributed by atoms with van der Waals surface area (Å²) < 4.78 is 10.3. The fourth-order valence-electron chi connectivity index (χ4n) is 3.81. The molecule has 1 N–H and O–H groups in total. The number of aliphatic hydroxyl groups excluding tert-OH is 1. The number of nitrogens with zero attached hydrogens (tertiary/aromatic N) is 4. The largest absolute Gasteiger partial charge is 0.495 e. The lowest BCUT2D eigenvalue weighted by atomic mass is 9.96. The molecule has 0 spiro atoms. The van der Waals surface area contributed by atoms with Gasteiger partial charge in [0.05, 0.1) is 25.5 Å². The number of rotatable bonds is 8. The van der Waals surface area contributed by atoms with Crippen molar-refractivity contribution in [3.63, 3.8) is 0 Å². The first-order chi connectivity index (χ1) is 16.5. The van der Waals surface area contributed by atoms with Gasteiger partial charge in [-0.05, 0) is 30.5 Å². The molecule has 1 aliphatic heterocycles. The number of aromatic nitrogens is 2. The van der Waals surface area contributed by atoms with E-state index in [9.17, 15) is 14.7 Å². The molecule has 0 atom stereocenters. The van der Waals surface area contributed by atoms with Crippen LogP contribution in [0.25, 0.3) is 10.7 Å². The van der Waals surface area contributed by atoms with Crippen molar-refractivity contribution in [2.24, 2.45) is 0 Å². The van der Waals surface area contributed by atoms with Crippen molar-refractivity contribution in [3.05, 3.63) is 63.3 Å². The molecule has 1 amide bonds. The fourth-order valence-corrected chi connectivity index (χ4v) is 4.67. The second-order valence-electron chi connectivity index (χ2n) is 7.63. The number of pyridine rings is 1. The first-order valence-corrected chi connectivity index (χ1v) is 11.4. The van der Waals surface area contributed by atoms with Gasteiger partial charge in [-0.3, -0.25) is 9.78 Å². The molecule has 0 unspecified atom stereocenters.